The van der Waals surface area contributed by atoms with Gasteiger partial charge in [-0.1, -0.05) is 24.3 Å². The van der Waals surface area contributed by atoms with Gasteiger partial charge in [0.1, 0.15) is 11.7 Å². The van der Waals surface area contributed by atoms with Gasteiger partial charge in [-0.25, -0.2) is 0 Å². The second-order valence-corrected chi connectivity index (χ2v) is 6.29. The fraction of sp³-hybridized carbons (Fsp3) is 0.421. The number of benzene rings is 1. The highest BCUT2D eigenvalue weighted by Crippen LogP contribution is 2.33. The molecule has 126 valence electrons. The Morgan fingerprint density at radius 2 is 2.25 bits per heavy atom. The van der Waals surface area contributed by atoms with E-state index in [9.17, 15) is 4.79 Å². The van der Waals surface area contributed by atoms with Crippen LogP contribution in [0, 0.1) is 0 Å². The van der Waals surface area contributed by atoms with Crippen LogP contribution in [-0.2, 0) is 9.47 Å². The summed E-state index contributed by atoms with van der Waals surface area (Å²) in [7, 11) is 0. The molecule has 2 aliphatic rings. The van der Waals surface area contributed by atoms with Gasteiger partial charge in [0.15, 0.2) is 5.76 Å². The Kier molecular flexibility index (Phi) is 4.12. The number of morpholine rings is 1. The van der Waals surface area contributed by atoms with E-state index in [2.05, 4.69) is 6.58 Å². The third-order valence-electron chi connectivity index (χ3n) is 4.86. The van der Waals surface area contributed by atoms with Gasteiger partial charge in [-0.3, -0.25) is 4.79 Å². The van der Waals surface area contributed by atoms with Crippen molar-refractivity contribution in [2.75, 3.05) is 19.8 Å². The molecule has 1 aromatic carbocycles. The van der Waals surface area contributed by atoms with Gasteiger partial charge in [-0.2, -0.15) is 0 Å². The predicted molar refractivity (Wildman–Crippen MR) is 89.9 cm³/mol. The number of hydrogen-bond acceptors (Lipinski definition) is 4. The number of carbonyl (C=O) groups excluding carboxylic acids is 1. The van der Waals surface area contributed by atoms with Crippen LogP contribution in [0.1, 0.15) is 23.4 Å². The van der Waals surface area contributed by atoms with Crippen LogP contribution in [0.15, 0.2) is 47.4 Å². The van der Waals surface area contributed by atoms with E-state index in [-0.39, 0.29) is 24.2 Å². The van der Waals surface area contributed by atoms with Gasteiger partial charge in [-0.15, -0.1) is 6.58 Å². The molecule has 1 aliphatic carbocycles. The minimum absolute atomic E-state index is 0.0271. The second kappa shape index (κ2) is 6.42. The molecule has 0 N–H and O–H groups in total. The van der Waals surface area contributed by atoms with E-state index >= 15 is 0 Å². The molecule has 0 bridgehead atoms. The third-order valence-corrected chi connectivity index (χ3v) is 4.86. The van der Waals surface area contributed by atoms with Crippen molar-refractivity contribution in [1.29, 1.82) is 0 Å². The van der Waals surface area contributed by atoms with Crippen LogP contribution < -0.4 is 0 Å². The highest BCUT2D eigenvalue weighted by Gasteiger charge is 2.45. The molecule has 5 heteroatoms. The van der Waals surface area contributed by atoms with E-state index in [1.54, 1.807) is 6.08 Å². The summed E-state index contributed by atoms with van der Waals surface area (Å²) in [6.07, 6.45) is 3.49. The van der Waals surface area contributed by atoms with Gasteiger partial charge in [0.25, 0.3) is 5.91 Å². The Morgan fingerprint density at radius 1 is 1.38 bits per heavy atom. The van der Waals surface area contributed by atoms with Crippen molar-refractivity contribution >= 4 is 16.9 Å². The molecule has 24 heavy (non-hydrogen) atoms. The van der Waals surface area contributed by atoms with Crippen molar-refractivity contribution in [3.8, 4) is 0 Å². The molecule has 1 saturated heterocycles. The van der Waals surface area contributed by atoms with Gasteiger partial charge in [0.2, 0.25) is 0 Å². The maximum Gasteiger partial charge on any atom is 0.290 e. The topological polar surface area (TPSA) is 51.9 Å². The molecule has 1 aromatic heterocycles. The van der Waals surface area contributed by atoms with Gasteiger partial charge in [-0.05, 0) is 25.0 Å². The predicted octanol–water partition coefficient (Wildman–Crippen LogP) is 3.01. The Hall–Kier alpha value is -2.11. The first kappa shape index (κ1) is 15.4. The summed E-state index contributed by atoms with van der Waals surface area (Å²) in [5, 5.41) is 0.948. The van der Waals surface area contributed by atoms with Crippen LogP contribution in [0.25, 0.3) is 11.0 Å². The first-order valence-electron chi connectivity index (χ1n) is 8.41. The van der Waals surface area contributed by atoms with Crippen LogP contribution in [-0.4, -0.2) is 48.8 Å². The molecule has 2 fully saturated rings. The van der Waals surface area contributed by atoms with Crippen LogP contribution in [0.2, 0.25) is 0 Å². The summed E-state index contributed by atoms with van der Waals surface area (Å²) in [6.45, 7) is 5.31. The van der Waals surface area contributed by atoms with Crippen LogP contribution in [0.3, 0.4) is 0 Å². The van der Waals surface area contributed by atoms with E-state index < -0.39 is 0 Å². The minimum atomic E-state index is -0.0629. The van der Waals surface area contributed by atoms with Crippen molar-refractivity contribution in [2.24, 2.45) is 0 Å². The number of carbonyl (C=O) groups is 1. The van der Waals surface area contributed by atoms with Crippen molar-refractivity contribution in [2.45, 2.75) is 31.1 Å². The quantitative estimate of drug-likeness (QED) is 0.810. The molecular formula is C19H21NO4. The van der Waals surface area contributed by atoms with E-state index in [1.165, 1.54) is 0 Å². The number of rotatable bonds is 4. The second-order valence-electron chi connectivity index (χ2n) is 6.29. The number of nitrogens with zero attached hydrogens (tertiary/aromatic N) is 1. The highest BCUT2D eigenvalue weighted by molar-refractivity contribution is 5.96. The smallest absolute Gasteiger partial charge is 0.290 e. The lowest BCUT2D eigenvalue weighted by Crippen LogP contribution is -2.53. The molecule has 0 spiro atoms. The molecule has 1 saturated carbocycles. The van der Waals surface area contributed by atoms with Gasteiger partial charge in [0, 0.05) is 11.9 Å². The lowest BCUT2D eigenvalue weighted by molar-refractivity contribution is -0.100. The molecule has 4 rings (SSSR count). The molecule has 0 radical (unpaired) electrons. The van der Waals surface area contributed by atoms with Crippen molar-refractivity contribution < 1.29 is 18.7 Å². The summed E-state index contributed by atoms with van der Waals surface area (Å²) < 4.78 is 17.4. The number of ether oxygens (including phenoxy) is 2. The van der Waals surface area contributed by atoms with Crippen molar-refractivity contribution in [1.82, 2.24) is 4.90 Å². The number of para-hydroxylation sites is 1. The molecule has 1 aliphatic heterocycles. The van der Waals surface area contributed by atoms with E-state index in [4.69, 9.17) is 13.9 Å². The van der Waals surface area contributed by atoms with Gasteiger partial charge in [0.05, 0.1) is 25.4 Å². The molecule has 0 unspecified atom stereocenters. The monoisotopic (exact) mass is 327 g/mol. The van der Waals surface area contributed by atoms with E-state index in [0.717, 1.165) is 23.8 Å². The van der Waals surface area contributed by atoms with E-state index in [1.807, 2.05) is 35.2 Å². The largest absolute Gasteiger partial charge is 0.451 e. The number of amides is 1. The molecular weight excluding hydrogens is 306 g/mol. The average molecular weight is 327 g/mol. The lowest BCUT2D eigenvalue weighted by Gasteiger charge is -2.38. The molecule has 3 atom stereocenters. The maximum absolute atomic E-state index is 13.0. The fourth-order valence-electron chi connectivity index (χ4n) is 3.77. The Bertz CT molecular complexity index is 720. The standard InChI is InChI=1S/C19H21NO4/c1-2-10-22-16-8-7-14-18(16)23-11-9-20(14)19(21)17-12-13-5-3-4-6-15(13)24-17/h2-6,12,14,16,18H,1,7-11H2/t14-,16-,18+/m1/s1. The molecule has 5 nitrogen and oxygen atoms in total. The summed E-state index contributed by atoms with van der Waals surface area (Å²) in [5.41, 5.74) is 0.740. The molecule has 1 amide bonds. The first-order chi connectivity index (χ1) is 11.8. The third kappa shape index (κ3) is 2.64. The van der Waals surface area contributed by atoms with Crippen LogP contribution >= 0.6 is 0 Å². The van der Waals surface area contributed by atoms with Crippen LogP contribution in [0.5, 0.6) is 0 Å². The Morgan fingerprint density at radius 3 is 3.08 bits per heavy atom. The minimum Gasteiger partial charge on any atom is -0.451 e. The number of fused-ring (bicyclic) bond motifs is 2. The SMILES string of the molecule is C=CCO[C@@H]1CC[C@@H]2[C@@H]1OCCN2C(=O)c1cc2ccccc2o1. The van der Waals surface area contributed by atoms with Crippen molar-refractivity contribution in [3.63, 3.8) is 0 Å². The Labute approximate surface area is 140 Å². The lowest BCUT2D eigenvalue weighted by atomic mass is 10.1. The van der Waals surface area contributed by atoms with Gasteiger partial charge >= 0.3 is 0 Å². The molecule has 2 aromatic rings. The number of hydrogen-bond donors (Lipinski definition) is 0. The summed E-state index contributed by atoms with van der Waals surface area (Å²) in [6, 6.07) is 9.55. The molecule has 2 heterocycles. The zero-order valence-electron chi connectivity index (χ0n) is 13.5. The Balaban J connectivity index is 1.54. The summed E-state index contributed by atoms with van der Waals surface area (Å²) >= 11 is 0. The summed E-state index contributed by atoms with van der Waals surface area (Å²) in [5.74, 6) is 0.334. The average Bonchev–Trinajstić information content (AvgIpc) is 3.23. The fourth-order valence-corrected chi connectivity index (χ4v) is 3.77. The van der Waals surface area contributed by atoms with E-state index in [0.29, 0.717) is 25.5 Å². The normalized spacial score (nSPS) is 26.5. The van der Waals surface area contributed by atoms with Crippen LogP contribution in [0.4, 0.5) is 0 Å². The zero-order valence-corrected chi connectivity index (χ0v) is 13.5. The zero-order chi connectivity index (χ0) is 16.5. The van der Waals surface area contributed by atoms with Crippen molar-refractivity contribution in [3.05, 3.63) is 48.7 Å². The number of furan rings is 1. The maximum atomic E-state index is 13.0. The highest BCUT2D eigenvalue weighted by atomic mass is 16.5. The summed E-state index contributed by atoms with van der Waals surface area (Å²) in [4.78, 5) is 14.8. The first-order valence-corrected chi connectivity index (χ1v) is 8.41. The van der Waals surface area contributed by atoms with Gasteiger partial charge < -0.3 is 18.8 Å².